The molecular weight excluding hydrogens is 363 g/mol. The van der Waals surface area contributed by atoms with E-state index in [0.29, 0.717) is 29.3 Å². The summed E-state index contributed by atoms with van der Waals surface area (Å²) in [5.74, 6) is -0.203. The van der Waals surface area contributed by atoms with Gasteiger partial charge in [0.15, 0.2) is 11.5 Å². The molecule has 140 valence electrons. The zero-order valence-corrected chi connectivity index (χ0v) is 14.8. The van der Waals surface area contributed by atoms with Crippen LogP contribution in [0.4, 0.5) is 10.2 Å². The monoisotopic (exact) mass is 378 g/mol. The van der Waals surface area contributed by atoms with Gasteiger partial charge in [-0.1, -0.05) is 23.4 Å². The molecule has 0 radical (unpaired) electrons. The molecule has 4 rings (SSSR count). The minimum absolute atomic E-state index is 0.195. The average Bonchev–Trinajstić information content (AvgIpc) is 3.11. The smallest absolute Gasteiger partial charge is 0.267 e. The lowest BCUT2D eigenvalue weighted by atomic mass is 10.2. The number of halogens is 1. The summed E-state index contributed by atoms with van der Waals surface area (Å²) >= 11 is 0. The molecule has 0 saturated carbocycles. The van der Waals surface area contributed by atoms with Gasteiger partial charge in [-0.25, -0.2) is 13.9 Å². The van der Waals surface area contributed by atoms with Gasteiger partial charge < -0.3 is 11.1 Å². The molecule has 9 nitrogen and oxygen atoms in total. The number of nitrogens with zero attached hydrogens (tertiary/aromatic N) is 6. The third kappa shape index (κ3) is 3.22. The molecule has 4 aromatic rings. The Kier molecular flexibility index (Phi) is 4.36. The average molecular weight is 378 g/mol. The molecule has 28 heavy (non-hydrogen) atoms. The number of hydrogen-bond donors (Lipinski definition) is 2. The highest BCUT2D eigenvalue weighted by atomic mass is 19.1. The summed E-state index contributed by atoms with van der Waals surface area (Å²) < 4.78 is 14.7. The first-order chi connectivity index (χ1) is 13.5. The Morgan fingerprint density at radius 1 is 1.18 bits per heavy atom. The van der Waals surface area contributed by atoms with Crippen molar-refractivity contribution in [2.24, 2.45) is 5.73 Å². The van der Waals surface area contributed by atoms with Gasteiger partial charge in [-0.2, -0.15) is 0 Å². The summed E-state index contributed by atoms with van der Waals surface area (Å²) in [6.45, 7) is 2.12. The maximum absolute atomic E-state index is 13.3. The van der Waals surface area contributed by atoms with Crippen molar-refractivity contribution in [2.45, 2.75) is 13.5 Å². The second-order valence-electron chi connectivity index (χ2n) is 6.06. The number of carbonyl (C=O) groups excluding carboxylic acids is 1. The molecule has 0 unspecified atom stereocenters. The van der Waals surface area contributed by atoms with Crippen molar-refractivity contribution in [1.82, 2.24) is 30.0 Å². The second-order valence-corrected chi connectivity index (χ2v) is 6.06. The SMILES string of the molecule is Cc1nnc(-c2nnn3c(C(N)=O)cccc23)nc1NCc1cccc(F)c1. The Balaban J connectivity index is 1.68. The molecule has 1 aromatic carbocycles. The van der Waals surface area contributed by atoms with E-state index in [2.05, 4.69) is 30.8 Å². The van der Waals surface area contributed by atoms with E-state index in [1.165, 1.54) is 16.6 Å². The lowest BCUT2D eigenvalue weighted by molar-refractivity contribution is 0.0993. The summed E-state index contributed by atoms with van der Waals surface area (Å²) in [6.07, 6.45) is 0. The van der Waals surface area contributed by atoms with Crippen LogP contribution < -0.4 is 11.1 Å². The first-order valence-corrected chi connectivity index (χ1v) is 8.37. The minimum atomic E-state index is -0.623. The molecule has 0 aliphatic carbocycles. The lowest BCUT2D eigenvalue weighted by Gasteiger charge is -2.08. The second kappa shape index (κ2) is 6.99. The van der Waals surface area contributed by atoms with E-state index in [9.17, 15) is 9.18 Å². The number of anilines is 1. The maximum Gasteiger partial charge on any atom is 0.267 e. The number of primary amides is 1. The zero-order valence-electron chi connectivity index (χ0n) is 14.8. The Bertz CT molecular complexity index is 1190. The number of carbonyl (C=O) groups is 1. The van der Waals surface area contributed by atoms with E-state index in [-0.39, 0.29) is 17.3 Å². The number of amides is 1. The first-order valence-electron chi connectivity index (χ1n) is 8.37. The summed E-state index contributed by atoms with van der Waals surface area (Å²) in [7, 11) is 0. The molecule has 0 atom stereocenters. The van der Waals surface area contributed by atoms with Gasteiger partial charge in [0, 0.05) is 6.54 Å². The van der Waals surface area contributed by atoms with Crippen LogP contribution in [0.15, 0.2) is 42.5 Å². The van der Waals surface area contributed by atoms with Crippen molar-refractivity contribution in [3.63, 3.8) is 0 Å². The van der Waals surface area contributed by atoms with Crippen molar-refractivity contribution >= 4 is 17.2 Å². The normalized spacial score (nSPS) is 10.9. The van der Waals surface area contributed by atoms with Crippen molar-refractivity contribution in [3.8, 4) is 11.5 Å². The van der Waals surface area contributed by atoms with Gasteiger partial charge in [0.1, 0.15) is 17.2 Å². The van der Waals surface area contributed by atoms with E-state index in [1.54, 1.807) is 37.3 Å². The molecule has 0 saturated heterocycles. The molecule has 3 aromatic heterocycles. The lowest BCUT2D eigenvalue weighted by Crippen LogP contribution is -2.15. The van der Waals surface area contributed by atoms with Crippen LogP contribution in [-0.2, 0) is 6.54 Å². The highest BCUT2D eigenvalue weighted by Crippen LogP contribution is 2.21. The first kappa shape index (κ1) is 17.5. The van der Waals surface area contributed by atoms with Crippen molar-refractivity contribution in [3.05, 3.63) is 65.2 Å². The molecule has 3 heterocycles. The van der Waals surface area contributed by atoms with Gasteiger partial charge >= 0.3 is 0 Å². The van der Waals surface area contributed by atoms with E-state index in [0.717, 1.165) is 5.56 Å². The summed E-state index contributed by atoms with van der Waals surface area (Å²) in [5, 5.41) is 19.4. The predicted molar refractivity (Wildman–Crippen MR) is 98.8 cm³/mol. The Morgan fingerprint density at radius 2 is 2.00 bits per heavy atom. The third-order valence-corrected chi connectivity index (χ3v) is 4.11. The van der Waals surface area contributed by atoms with Crippen LogP contribution in [0.5, 0.6) is 0 Å². The van der Waals surface area contributed by atoms with Crippen LogP contribution in [0.2, 0.25) is 0 Å². The molecule has 0 aliphatic heterocycles. The topological polar surface area (TPSA) is 124 Å². The van der Waals surface area contributed by atoms with Gasteiger partial charge in [0.05, 0.1) is 5.52 Å². The van der Waals surface area contributed by atoms with Gasteiger partial charge in [0.2, 0.25) is 5.82 Å². The van der Waals surface area contributed by atoms with Gasteiger partial charge in [-0.05, 0) is 36.8 Å². The van der Waals surface area contributed by atoms with Crippen LogP contribution >= 0.6 is 0 Å². The fourth-order valence-electron chi connectivity index (χ4n) is 2.74. The fraction of sp³-hybridized carbons (Fsp3) is 0.111. The van der Waals surface area contributed by atoms with Crippen molar-refractivity contribution in [1.29, 1.82) is 0 Å². The van der Waals surface area contributed by atoms with Crippen LogP contribution in [0.25, 0.3) is 17.0 Å². The van der Waals surface area contributed by atoms with Crippen LogP contribution in [0.1, 0.15) is 21.7 Å². The van der Waals surface area contributed by atoms with Crippen molar-refractivity contribution in [2.75, 3.05) is 5.32 Å². The van der Waals surface area contributed by atoms with E-state index < -0.39 is 5.91 Å². The molecule has 0 spiro atoms. The number of aryl methyl sites for hydroxylation is 1. The number of fused-ring (bicyclic) bond motifs is 1. The van der Waals surface area contributed by atoms with Crippen LogP contribution in [0.3, 0.4) is 0 Å². The molecule has 0 aliphatic rings. The zero-order chi connectivity index (χ0) is 19.7. The highest BCUT2D eigenvalue weighted by Gasteiger charge is 2.17. The van der Waals surface area contributed by atoms with E-state index >= 15 is 0 Å². The van der Waals surface area contributed by atoms with Gasteiger partial charge in [-0.3, -0.25) is 4.79 Å². The summed E-state index contributed by atoms with van der Waals surface area (Å²) in [4.78, 5) is 16.0. The number of nitrogens with one attached hydrogen (secondary N) is 1. The number of pyridine rings is 1. The molecule has 3 N–H and O–H groups in total. The Morgan fingerprint density at radius 3 is 2.79 bits per heavy atom. The molecule has 10 heteroatoms. The predicted octanol–water partition coefficient (Wildman–Crippen LogP) is 1.74. The maximum atomic E-state index is 13.3. The highest BCUT2D eigenvalue weighted by molar-refractivity contribution is 5.92. The number of nitrogens with two attached hydrogens (primary N) is 1. The minimum Gasteiger partial charge on any atom is -0.364 e. The fourth-order valence-corrected chi connectivity index (χ4v) is 2.74. The van der Waals surface area contributed by atoms with Crippen LogP contribution in [-0.4, -0.2) is 35.9 Å². The van der Waals surface area contributed by atoms with Gasteiger partial charge in [-0.15, -0.1) is 15.3 Å². The number of aromatic nitrogens is 6. The summed E-state index contributed by atoms with van der Waals surface area (Å²) in [6, 6.07) is 11.2. The van der Waals surface area contributed by atoms with E-state index in [4.69, 9.17) is 5.73 Å². The van der Waals surface area contributed by atoms with Crippen molar-refractivity contribution < 1.29 is 9.18 Å². The standard InChI is InChI=1S/C18H15FN8O/c1-10-17(21-9-11-4-2-5-12(19)8-11)22-18(25-23-10)15-13-6-3-7-14(16(20)28)27(13)26-24-15/h2-8H,9H2,1H3,(H2,20,28)(H,21,22,25). The quantitative estimate of drug-likeness (QED) is 0.542. The number of rotatable bonds is 5. The Labute approximate surface area is 158 Å². The van der Waals surface area contributed by atoms with Crippen LogP contribution in [0, 0.1) is 12.7 Å². The third-order valence-electron chi connectivity index (χ3n) is 4.11. The largest absolute Gasteiger partial charge is 0.364 e. The molecule has 0 fully saturated rings. The van der Waals surface area contributed by atoms with E-state index in [1.807, 2.05) is 0 Å². The molecule has 1 amide bonds. The van der Waals surface area contributed by atoms with Gasteiger partial charge in [0.25, 0.3) is 5.91 Å². The number of benzene rings is 1. The Hall–Kier alpha value is -3.95. The summed E-state index contributed by atoms with van der Waals surface area (Å²) in [5.41, 5.74) is 7.80. The number of hydrogen-bond acceptors (Lipinski definition) is 7. The molecule has 0 bridgehead atoms. The molecular formula is C18H15FN8O.